The number of aromatic nitrogens is 1. The molecular formula is C23H27NO5S. The molecule has 0 fully saturated rings. The first-order valence-corrected chi connectivity index (χ1v) is 10.1. The van der Waals surface area contributed by atoms with Crippen LogP contribution >= 0.6 is 12.2 Å². The number of ether oxygens (including phenoxy) is 3. The highest BCUT2D eigenvalue weighted by molar-refractivity contribution is 7.80. The molecule has 1 aromatic heterocycles. The van der Waals surface area contributed by atoms with Gasteiger partial charge in [0, 0.05) is 23.5 Å². The zero-order valence-corrected chi connectivity index (χ0v) is 18.2. The van der Waals surface area contributed by atoms with Gasteiger partial charge in [-0.15, -0.1) is 6.58 Å². The highest BCUT2D eigenvalue weighted by atomic mass is 32.1. The minimum atomic E-state index is -0.520. The molecule has 7 heteroatoms. The first-order valence-electron chi connectivity index (χ1n) is 9.65. The topological polar surface area (TPSA) is 77.9 Å². The number of carbonyl (C=O) groups excluding carboxylic acids is 1. The van der Waals surface area contributed by atoms with Gasteiger partial charge in [-0.1, -0.05) is 43.4 Å². The van der Waals surface area contributed by atoms with Gasteiger partial charge in [0.1, 0.15) is 23.7 Å². The summed E-state index contributed by atoms with van der Waals surface area (Å²) in [6.45, 7) is 7.26. The van der Waals surface area contributed by atoms with Crippen molar-refractivity contribution in [1.82, 2.24) is 4.98 Å². The molecule has 1 aromatic carbocycles. The van der Waals surface area contributed by atoms with Gasteiger partial charge >= 0.3 is 5.97 Å². The second-order valence-corrected chi connectivity index (χ2v) is 7.37. The predicted molar refractivity (Wildman–Crippen MR) is 119 cm³/mol. The lowest BCUT2D eigenvalue weighted by Gasteiger charge is -2.25. The van der Waals surface area contributed by atoms with Gasteiger partial charge in [0.15, 0.2) is 11.5 Å². The molecule has 160 valence electrons. The average molecular weight is 430 g/mol. The minimum Gasteiger partial charge on any atom is -0.503 e. The first kappa shape index (κ1) is 23.3. The summed E-state index contributed by atoms with van der Waals surface area (Å²) < 4.78 is 16.7. The summed E-state index contributed by atoms with van der Waals surface area (Å²) in [5, 5.41) is 10.2. The number of thiocarbonyl (C=S) groups is 1. The van der Waals surface area contributed by atoms with Gasteiger partial charge in [-0.25, -0.2) is 0 Å². The summed E-state index contributed by atoms with van der Waals surface area (Å²) in [5.74, 6) is -0.0924. The number of rotatable bonds is 11. The number of hydrogen-bond donors (Lipinski definition) is 1. The maximum absolute atomic E-state index is 12.6. The number of aromatic hydroxyl groups is 1. The van der Waals surface area contributed by atoms with Crippen LogP contribution in [0.5, 0.6) is 17.2 Å². The molecule has 3 atom stereocenters. The van der Waals surface area contributed by atoms with Crippen molar-refractivity contribution < 1.29 is 24.1 Å². The third kappa shape index (κ3) is 6.29. The van der Waals surface area contributed by atoms with Crippen LogP contribution in [0.1, 0.15) is 32.4 Å². The Morgan fingerprint density at radius 2 is 1.97 bits per heavy atom. The van der Waals surface area contributed by atoms with Crippen molar-refractivity contribution in [3.63, 3.8) is 0 Å². The number of hydrogen-bond acceptors (Lipinski definition) is 7. The van der Waals surface area contributed by atoms with Crippen molar-refractivity contribution in [2.75, 3.05) is 7.11 Å². The molecule has 0 aliphatic rings. The minimum absolute atomic E-state index is 0.138. The van der Waals surface area contributed by atoms with E-state index < -0.39 is 18.0 Å². The van der Waals surface area contributed by atoms with Crippen LogP contribution in [0, 0.1) is 5.92 Å². The van der Waals surface area contributed by atoms with Crippen LogP contribution in [-0.4, -0.2) is 40.2 Å². The molecule has 0 aliphatic carbocycles. The van der Waals surface area contributed by atoms with Crippen molar-refractivity contribution in [2.45, 2.75) is 38.9 Å². The summed E-state index contributed by atoms with van der Waals surface area (Å²) in [6.07, 6.45) is 3.10. The molecule has 0 spiro atoms. The van der Waals surface area contributed by atoms with Gasteiger partial charge in [-0.05, 0) is 25.5 Å². The van der Waals surface area contributed by atoms with Crippen LogP contribution in [0.3, 0.4) is 0 Å². The number of esters is 1. The largest absolute Gasteiger partial charge is 0.503 e. The molecule has 6 nitrogen and oxygen atoms in total. The lowest BCUT2D eigenvalue weighted by Crippen LogP contribution is -2.35. The van der Waals surface area contributed by atoms with Gasteiger partial charge in [0.2, 0.25) is 0 Å². The zero-order chi connectivity index (χ0) is 22.1. The van der Waals surface area contributed by atoms with E-state index in [1.165, 1.54) is 19.4 Å². The van der Waals surface area contributed by atoms with Gasteiger partial charge < -0.3 is 19.3 Å². The molecule has 2 aromatic rings. The van der Waals surface area contributed by atoms with Crippen molar-refractivity contribution >= 4 is 23.1 Å². The van der Waals surface area contributed by atoms with Crippen LogP contribution in [0.25, 0.3) is 0 Å². The van der Waals surface area contributed by atoms with E-state index in [-0.39, 0.29) is 29.7 Å². The normalized spacial score (nSPS) is 13.6. The van der Waals surface area contributed by atoms with Crippen molar-refractivity contribution in [3.8, 4) is 17.2 Å². The second-order valence-electron chi connectivity index (χ2n) is 6.87. The Balaban J connectivity index is 1.99. The van der Waals surface area contributed by atoms with Crippen molar-refractivity contribution in [1.29, 1.82) is 0 Å². The number of carbonyl (C=O) groups is 1. The summed E-state index contributed by atoms with van der Waals surface area (Å²) in [4.78, 5) is 17.1. The number of methoxy groups -OCH3 is 1. The Labute approximate surface area is 182 Å². The lowest BCUT2D eigenvalue weighted by atomic mass is 10.0. The third-order valence-electron chi connectivity index (χ3n) is 4.52. The number of benzene rings is 1. The molecule has 0 saturated heterocycles. The van der Waals surface area contributed by atoms with E-state index >= 15 is 0 Å². The Kier molecular flexibility index (Phi) is 8.80. The summed E-state index contributed by atoms with van der Waals surface area (Å²) in [6, 6.07) is 10.9. The number of nitrogens with zero attached hydrogens (tertiary/aromatic N) is 1. The molecule has 0 unspecified atom stereocenters. The molecule has 1 N–H and O–H groups in total. The van der Waals surface area contributed by atoms with Gasteiger partial charge in [-0.2, -0.15) is 0 Å². The molecule has 30 heavy (non-hydrogen) atoms. The summed E-state index contributed by atoms with van der Waals surface area (Å²) >= 11 is 5.38. The maximum Gasteiger partial charge on any atom is 0.309 e. The van der Waals surface area contributed by atoms with Gasteiger partial charge in [-0.3, -0.25) is 9.78 Å². The Morgan fingerprint density at radius 1 is 1.27 bits per heavy atom. The fraction of sp³-hybridized carbons (Fsp3) is 0.348. The maximum atomic E-state index is 12.6. The van der Waals surface area contributed by atoms with E-state index in [0.717, 1.165) is 0 Å². The van der Waals surface area contributed by atoms with Crippen LogP contribution in [0.2, 0.25) is 0 Å². The molecule has 0 amide bonds. The highest BCUT2D eigenvalue weighted by Gasteiger charge is 2.26. The van der Waals surface area contributed by atoms with E-state index in [9.17, 15) is 9.90 Å². The van der Waals surface area contributed by atoms with E-state index in [2.05, 4.69) is 11.6 Å². The molecule has 1 heterocycles. The smallest absolute Gasteiger partial charge is 0.309 e. The number of pyridine rings is 1. The summed E-state index contributed by atoms with van der Waals surface area (Å²) in [7, 11) is 1.44. The monoisotopic (exact) mass is 429 g/mol. The Morgan fingerprint density at radius 3 is 2.60 bits per heavy atom. The van der Waals surface area contributed by atoms with E-state index in [4.69, 9.17) is 26.4 Å². The first-order chi connectivity index (χ1) is 14.4. The molecular weight excluding hydrogens is 402 g/mol. The van der Waals surface area contributed by atoms with Crippen LogP contribution in [0.4, 0.5) is 0 Å². The molecule has 0 aliphatic heterocycles. The summed E-state index contributed by atoms with van der Waals surface area (Å²) in [5.41, 5.74) is 0.231. The highest BCUT2D eigenvalue weighted by Crippen LogP contribution is 2.29. The predicted octanol–water partition coefficient (Wildman–Crippen LogP) is 4.50. The quantitative estimate of drug-likeness (QED) is 0.244. The van der Waals surface area contributed by atoms with Gasteiger partial charge in [0.05, 0.1) is 13.0 Å². The van der Waals surface area contributed by atoms with E-state index in [1.807, 2.05) is 30.3 Å². The Bertz CT molecular complexity index is 871. The van der Waals surface area contributed by atoms with Crippen LogP contribution in [-0.2, 0) is 9.53 Å². The second kappa shape index (κ2) is 11.3. The fourth-order valence-electron chi connectivity index (χ4n) is 2.81. The molecule has 0 saturated carbocycles. The molecule has 0 radical (unpaired) electrons. The fourth-order valence-corrected chi connectivity index (χ4v) is 3.21. The molecule has 2 rings (SSSR count). The lowest BCUT2D eigenvalue weighted by molar-refractivity contribution is -0.156. The van der Waals surface area contributed by atoms with Crippen molar-refractivity contribution in [2.24, 2.45) is 5.92 Å². The van der Waals surface area contributed by atoms with E-state index in [0.29, 0.717) is 17.0 Å². The Hall–Kier alpha value is -2.93. The number of para-hydroxylation sites is 1. The van der Waals surface area contributed by atoms with E-state index in [1.54, 1.807) is 19.9 Å². The van der Waals surface area contributed by atoms with Crippen LogP contribution in [0.15, 0.2) is 55.3 Å². The zero-order valence-electron chi connectivity index (χ0n) is 17.4. The standard InChI is InChI=1S/C23H27NO5S/c1-5-9-18(29-17-10-7-6-8-11-17)16(3)28-23(26)15(2)14-20(30)21-22(25)19(27-4)12-13-24-21/h5-8,10-13,15-16,18,25H,1,9,14H2,2-4H3/t15-,16+,18-/m1/s1. The van der Waals surface area contributed by atoms with Crippen LogP contribution < -0.4 is 9.47 Å². The SMILES string of the molecule is C=CC[C@@H](Oc1ccccc1)[C@H](C)OC(=O)[C@H](C)CC(=S)c1nccc(OC)c1O. The molecule has 0 bridgehead atoms. The van der Waals surface area contributed by atoms with Gasteiger partial charge in [0.25, 0.3) is 0 Å². The average Bonchev–Trinajstić information content (AvgIpc) is 2.74. The third-order valence-corrected chi connectivity index (χ3v) is 4.88. The van der Waals surface area contributed by atoms with Crippen molar-refractivity contribution in [3.05, 3.63) is 60.9 Å².